The second kappa shape index (κ2) is 6.19. The van der Waals surface area contributed by atoms with Gasteiger partial charge < -0.3 is 15.5 Å². The van der Waals surface area contributed by atoms with Crippen LogP contribution in [-0.4, -0.2) is 37.6 Å². The second-order valence-corrected chi connectivity index (χ2v) is 7.38. The van der Waals surface area contributed by atoms with E-state index in [1.54, 1.807) is 12.1 Å². The lowest BCUT2D eigenvalue weighted by Gasteiger charge is -2.28. The Balaban J connectivity index is 2.11. The summed E-state index contributed by atoms with van der Waals surface area (Å²) in [5, 5.41) is 21.8. The molecule has 26 heavy (non-hydrogen) atoms. The predicted molar refractivity (Wildman–Crippen MR) is 95.3 cm³/mol. The number of hydrogen-bond acceptors (Lipinski definition) is 5. The van der Waals surface area contributed by atoms with E-state index >= 15 is 0 Å². The highest BCUT2D eigenvalue weighted by molar-refractivity contribution is 7.97. The van der Waals surface area contributed by atoms with Crippen LogP contribution >= 0.6 is 0 Å². The number of carboxylic acid groups (broad SMARTS) is 1. The van der Waals surface area contributed by atoms with Crippen LogP contribution in [0, 0.1) is 0 Å². The van der Waals surface area contributed by atoms with Crippen molar-refractivity contribution in [1.82, 2.24) is 0 Å². The topological polar surface area (TPSA) is 124 Å². The van der Waals surface area contributed by atoms with Crippen LogP contribution in [0.4, 0.5) is 11.4 Å². The summed E-state index contributed by atoms with van der Waals surface area (Å²) in [6, 6.07) is 11.7. The Hall–Kier alpha value is -3.33. The lowest BCUT2D eigenvalue weighted by molar-refractivity contribution is -0.112. The zero-order valence-electron chi connectivity index (χ0n) is 13.5. The molecule has 2 aromatic rings. The van der Waals surface area contributed by atoms with E-state index in [9.17, 15) is 28.2 Å². The number of anilines is 2. The van der Waals surface area contributed by atoms with Gasteiger partial charge in [-0.15, -0.1) is 0 Å². The largest absolute Gasteiger partial charge is 0.506 e. The maximum atomic E-state index is 12.7. The number of nitrogens with one attached hydrogen (secondary N) is 1. The van der Waals surface area contributed by atoms with Crippen molar-refractivity contribution >= 4 is 39.0 Å². The van der Waals surface area contributed by atoms with Gasteiger partial charge in [0.05, 0.1) is 16.9 Å². The predicted octanol–water partition coefficient (Wildman–Crippen LogP) is 2.03. The molecular weight excluding hydrogens is 360 g/mol. The molecule has 8 nitrogen and oxygen atoms in total. The third-order valence-corrected chi connectivity index (χ3v) is 5.76. The molecule has 1 aliphatic rings. The number of carbonyl (C=O) groups excluding carboxylic acids is 1. The molecule has 0 spiro atoms. The number of nitrogens with zero attached hydrogens (tertiary/aromatic N) is 1. The van der Waals surface area contributed by atoms with Crippen LogP contribution in [0.5, 0.6) is 0 Å². The zero-order valence-corrected chi connectivity index (χ0v) is 14.3. The molecule has 0 unspecified atom stereocenters. The summed E-state index contributed by atoms with van der Waals surface area (Å²) in [6.45, 7) is 0. The highest BCUT2D eigenvalue weighted by Gasteiger charge is 2.39. The molecule has 0 aliphatic carbocycles. The number of fused-ring (bicyclic) bond motifs is 1. The SMILES string of the molecule is CN1c2ccccc2C(O)=C(C(=O)Nc2ccccc2C(=O)O)S1(=O)=O. The molecule has 9 heteroatoms. The van der Waals surface area contributed by atoms with Crippen molar-refractivity contribution in [2.45, 2.75) is 0 Å². The summed E-state index contributed by atoms with van der Waals surface area (Å²) in [7, 11) is -3.05. The fraction of sp³-hybridized carbons (Fsp3) is 0.0588. The van der Waals surface area contributed by atoms with Crippen LogP contribution in [0.25, 0.3) is 5.76 Å². The monoisotopic (exact) mass is 374 g/mol. The minimum atomic E-state index is -4.31. The Bertz CT molecular complexity index is 1060. The fourth-order valence-electron chi connectivity index (χ4n) is 2.64. The van der Waals surface area contributed by atoms with Crippen LogP contribution < -0.4 is 9.62 Å². The van der Waals surface area contributed by atoms with Crippen LogP contribution in [-0.2, 0) is 14.8 Å². The van der Waals surface area contributed by atoms with Gasteiger partial charge in [0.25, 0.3) is 15.9 Å². The number of amides is 1. The molecule has 1 amide bonds. The number of aliphatic hydroxyl groups is 1. The Morgan fingerprint density at radius 3 is 2.35 bits per heavy atom. The smallest absolute Gasteiger partial charge is 0.337 e. The molecule has 0 aromatic heterocycles. The van der Waals surface area contributed by atoms with Gasteiger partial charge >= 0.3 is 5.97 Å². The number of rotatable bonds is 3. The summed E-state index contributed by atoms with van der Waals surface area (Å²) in [5.41, 5.74) is 0.124. The first kappa shape index (κ1) is 17.5. The van der Waals surface area contributed by atoms with Gasteiger partial charge in [0.1, 0.15) is 0 Å². The molecule has 0 saturated carbocycles. The quantitative estimate of drug-likeness (QED) is 0.755. The number of sulfonamides is 1. The van der Waals surface area contributed by atoms with Gasteiger partial charge in [-0.2, -0.15) is 0 Å². The van der Waals surface area contributed by atoms with E-state index in [0.29, 0.717) is 0 Å². The summed E-state index contributed by atoms with van der Waals surface area (Å²) in [5.74, 6) is -3.10. The molecule has 2 aromatic carbocycles. The lowest BCUT2D eigenvalue weighted by atomic mass is 10.1. The van der Waals surface area contributed by atoms with E-state index in [-0.39, 0.29) is 22.5 Å². The fourth-order valence-corrected chi connectivity index (χ4v) is 3.97. The Morgan fingerprint density at radius 1 is 1.04 bits per heavy atom. The number of hydrogen-bond donors (Lipinski definition) is 3. The van der Waals surface area contributed by atoms with Gasteiger partial charge in [-0.25, -0.2) is 13.2 Å². The van der Waals surface area contributed by atoms with Gasteiger partial charge in [-0.05, 0) is 24.3 Å². The molecular formula is C17H14N2O6S. The first-order chi connectivity index (χ1) is 12.2. The van der Waals surface area contributed by atoms with Gasteiger partial charge in [0, 0.05) is 12.6 Å². The van der Waals surface area contributed by atoms with Gasteiger partial charge in [0.15, 0.2) is 10.7 Å². The van der Waals surface area contributed by atoms with E-state index in [1.807, 2.05) is 0 Å². The summed E-state index contributed by atoms with van der Waals surface area (Å²) in [6.07, 6.45) is 0. The maximum absolute atomic E-state index is 12.7. The normalized spacial score (nSPS) is 15.3. The van der Waals surface area contributed by atoms with Crippen LogP contribution in [0.2, 0.25) is 0 Å². The number of aromatic carboxylic acids is 1. The second-order valence-electron chi connectivity index (χ2n) is 5.47. The molecule has 0 fully saturated rings. The van der Waals surface area contributed by atoms with Crippen LogP contribution in [0.1, 0.15) is 15.9 Å². The van der Waals surface area contributed by atoms with Crippen molar-refractivity contribution in [1.29, 1.82) is 0 Å². The van der Waals surface area contributed by atoms with Gasteiger partial charge in [-0.3, -0.25) is 9.10 Å². The molecule has 0 bridgehead atoms. The number of carbonyl (C=O) groups is 2. The minimum absolute atomic E-state index is 0.0815. The van der Waals surface area contributed by atoms with Crippen molar-refractivity contribution in [3.8, 4) is 0 Å². The van der Waals surface area contributed by atoms with Crippen LogP contribution in [0.15, 0.2) is 53.4 Å². The third kappa shape index (κ3) is 2.68. The highest BCUT2D eigenvalue weighted by atomic mass is 32.2. The standard InChI is InChI=1S/C17H14N2O6S/c1-19-13-9-5-3-7-11(13)14(20)15(26(19,24)25)16(21)18-12-8-4-2-6-10(12)17(22)23/h2-9,20H,1H3,(H,18,21)(H,22,23). The Kier molecular flexibility index (Phi) is 4.17. The molecule has 134 valence electrons. The molecule has 3 N–H and O–H groups in total. The lowest BCUT2D eigenvalue weighted by Crippen LogP contribution is -2.37. The van der Waals surface area contributed by atoms with E-state index in [0.717, 1.165) is 4.31 Å². The Morgan fingerprint density at radius 2 is 1.65 bits per heavy atom. The average Bonchev–Trinajstić information content (AvgIpc) is 2.60. The molecule has 1 aliphatic heterocycles. The molecule has 0 atom stereocenters. The maximum Gasteiger partial charge on any atom is 0.337 e. The van der Waals surface area contributed by atoms with Gasteiger partial charge in [0.2, 0.25) is 0 Å². The number of aliphatic hydroxyl groups excluding tert-OH is 1. The molecule has 3 rings (SSSR count). The van der Waals surface area contributed by atoms with E-state index in [4.69, 9.17) is 0 Å². The van der Waals surface area contributed by atoms with Crippen molar-refractivity contribution in [2.24, 2.45) is 0 Å². The molecule has 0 saturated heterocycles. The van der Waals surface area contributed by atoms with Crippen LogP contribution in [0.3, 0.4) is 0 Å². The number of benzene rings is 2. The average molecular weight is 374 g/mol. The first-order valence-electron chi connectivity index (χ1n) is 7.40. The van der Waals surface area contributed by atoms with Gasteiger partial charge in [-0.1, -0.05) is 24.3 Å². The van der Waals surface area contributed by atoms with E-state index in [2.05, 4.69) is 5.32 Å². The van der Waals surface area contributed by atoms with Crippen molar-refractivity contribution in [3.63, 3.8) is 0 Å². The zero-order chi connectivity index (χ0) is 19.1. The number of carboxylic acids is 1. The summed E-state index contributed by atoms with van der Waals surface area (Å²) in [4.78, 5) is 23.0. The number of para-hydroxylation sites is 2. The van der Waals surface area contributed by atoms with Crippen molar-refractivity contribution in [3.05, 3.63) is 64.6 Å². The molecule has 1 heterocycles. The summed E-state index contributed by atoms with van der Waals surface area (Å²) >= 11 is 0. The van der Waals surface area contributed by atoms with E-state index in [1.165, 1.54) is 43.4 Å². The molecule has 0 radical (unpaired) electrons. The third-order valence-electron chi connectivity index (χ3n) is 3.94. The first-order valence-corrected chi connectivity index (χ1v) is 8.84. The Labute approximate surface area is 149 Å². The van der Waals surface area contributed by atoms with Crippen molar-refractivity contribution in [2.75, 3.05) is 16.7 Å². The summed E-state index contributed by atoms with van der Waals surface area (Å²) < 4.78 is 26.2. The highest BCUT2D eigenvalue weighted by Crippen LogP contribution is 2.37. The minimum Gasteiger partial charge on any atom is -0.506 e. The van der Waals surface area contributed by atoms with Crippen molar-refractivity contribution < 1.29 is 28.2 Å². The van der Waals surface area contributed by atoms with E-state index < -0.39 is 32.6 Å².